The summed E-state index contributed by atoms with van der Waals surface area (Å²) in [6.07, 6.45) is 0. The van der Waals surface area contributed by atoms with Crippen molar-refractivity contribution >= 4 is 11.8 Å². The molecule has 2 N–H and O–H groups in total. The highest BCUT2D eigenvalue weighted by molar-refractivity contribution is 5.91. The van der Waals surface area contributed by atoms with Crippen LogP contribution in [0.15, 0.2) is 0 Å². The first-order chi connectivity index (χ1) is 7.64. The van der Waals surface area contributed by atoms with Crippen molar-refractivity contribution in [3.8, 4) is 0 Å². The van der Waals surface area contributed by atoms with E-state index in [1.54, 1.807) is 6.92 Å². The van der Waals surface area contributed by atoms with Crippen LogP contribution in [0, 0.1) is 5.41 Å². The predicted octanol–water partition coefficient (Wildman–Crippen LogP) is 0.851. The van der Waals surface area contributed by atoms with Gasteiger partial charge in [-0.05, 0) is 21.0 Å². The fraction of sp³-hybridized carbons (Fsp3) is 0.833. The Morgan fingerprint density at radius 1 is 1.24 bits per heavy atom. The van der Waals surface area contributed by atoms with Crippen LogP contribution in [0.5, 0.6) is 0 Å². The minimum absolute atomic E-state index is 0.0280. The first-order valence-electron chi connectivity index (χ1n) is 5.88. The molecule has 100 valence electrons. The summed E-state index contributed by atoms with van der Waals surface area (Å²) in [6, 6.07) is -0.758. The summed E-state index contributed by atoms with van der Waals surface area (Å²) in [5, 5.41) is 5.35. The van der Waals surface area contributed by atoms with Crippen LogP contribution in [-0.4, -0.2) is 49.9 Å². The molecule has 0 fully saturated rings. The highest BCUT2D eigenvalue weighted by Gasteiger charge is 2.27. The number of nitrogens with one attached hydrogen (secondary N) is 2. The van der Waals surface area contributed by atoms with Crippen LogP contribution >= 0.6 is 0 Å². The molecular formula is C12H25N3O2. The summed E-state index contributed by atoms with van der Waals surface area (Å²) in [6.45, 7) is 8.58. The number of urea groups is 1. The Morgan fingerprint density at radius 3 is 2.18 bits per heavy atom. The third-order valence-corrected chi connectivity index (χ3v) is 2.32. The Morgan fingerprint density at radius 2 is 1.76 bits per heavy atom. The van der Waals surface area contributed by atoms with Gasteiger partial charge < -0.3 is 15.5 Å². The molecule has 5 nitrogen and oxygen atoms in total. The largest absolute Gasteiger partial charge is 0.337 e. The molecular weight excluding hydrogens is 218 g/mol. The van der Waals surface area contributed by atoms with Gasteiger partial charge in [0, 0.05) is 18.5 Å². The molecule has 0 bridgehead atoms. The zero-order valence-electron chi connectivity index (χ0n) is 11.8. The van der Waals surface area contributed by atoms with Crippen molar-refractivity contribution in [3.63, 3.8) is 0 Å². The molecule has 0 rings (SSSR count). The summed E-state index contributed by atoms with van der Waals surface area (Å²) < 4.78 is 0. The third kappa shape index (κ3) is 6.94. The molecule has 1 atom stereocenters. The van der Waals surface area contributed by atoms with Crippen molar-refractivity contribution in [2.24, 2.45) is 5.41 Å². The van der Waals surface area contributed by atoms with Crippen molar-refractivity contribution in [1.29, 1.82) is 0 Å². The van der Waals surface area contributed by atoms with Crippen molar-refractivity contribution in [3.05, 3.63) is 0 Å². The lowest BCUT2D eigenvalue weighted by Crippen LogP contribution is -2.48. The molecule has 0 unspecified atom stereocenters. The van der Waals surface area contributed by atoms with Crippen molar-refractivity contribution < 1.29 is 9.59 Å². The molecule has 2 amide bonds. The van der Waals surface area contributed by atoms with Gasteiger partial charge in [0.05, 0.1) is 6.04 Å². The van der Waals surface area contributed by atoms with E-state index in [1.807, 2.05) is 39.8 Å². The van der Waals surface area contributed by atoms with Crippen molar-refractivity contribution in [1.82, 2.24) is 15.5 Å². The number of ketones is 1. The fourth-order valence-corrected chi connectivity index (χ4v) is 1.36. The van der Waals surface area contributed by atoms with Gasteiger partial charge in [0.2, 0.25) is 0 Å². The minimum atomic E-state index is -0.464. The second-order valence-electron chi connectivity index (χ2n) is 5.54. The number of likely N-dealkylation sites (N-methyl/N-ethyl adjacent to an activating group) is 1. The summed E-state index contributed by atoms with van der Waals surface area (Å²) in [4.78, 5) is 25.3. The van der Waals surface area contributed by atoms with Gasteiger partial charge in [-0.3, -0.25) is 4.79 Å². The number of hydrogen-bond acceptors (Lipinski definition) is 3. The number of nitrogens with zero attached hydrogens (tertiary/aromatic N) is 1. The standard InChI is InChI=1S/C12H25N3O2/c1-9(10(16)12(2,3)4)14-11(17)13-7-8-15(5)6/h9H,7-8H2,1-6H3,(H2,13,14,17)/t9-/m1/s1. The number of carbonyl (C=O) groups is 2. The Kier molecular flexibility index (Phi) is 6.16. The van der Waals surface area contributed by atoms with Crippen molar-refractivity contribution in [2.75, 3.05) is 27.2 Å². The maximum atomic E-state index is 11.8. The lowest BCUT2D eigenvalue weighted by Gasteiger charge is -2.22. The summed E-state index contributed by atoms with van der Waals surface area (Å²) in [7, 11) is 3.87. The smallest absolute Gasteiger partial charge is 0.315 e. The van der Waals surface area contributed by atoms with E-state index in [1.165, 1.54) is 0 Å². The van der Waals surface area contributed by atoms with E-state index in [0.29, 0.717) is 6.54 Å². The summed E-state index contributed by atoms with van der Waals surface area (Å²) in [5.74, 6) is 0.0280. The topological polar surface area (TPSA) is 61.4 Å². The average Bonchev–Trinajstić information content (AvgIpc) is 2.14. The maximum absolute atomic E-state index is 11.8. The Balaban J connectivity index is 4.00. The molecule has 0 aromatic carbocycles. The van der Waals surface area contributed by atoms with Crippen LogP contribution in [-0.2, 0) is 4.79 Å². The summed E-state index contributed by atoms with van der Waals surface area (Å²) >= 11 is 0. The molecule has 0 spiro atoms. The molecule has 0 radical (unpaired) electrons. The highest BCUT2D eigenvalue weighted by Crippen LogP contribution is 2.16. The SMILES string of the molecule is C[C@@H](NC(=O)NCCN(C)C)C(=O)C(C)(C)C. The quantitative estimate of drug-likeness (QED) is 0.752. The average molecular weight is 243 g/mol. The molecule has 0 aromatic rings. The van der Waals surface area contributed by atoms with Crippen LogP contribution < -0.4 is 10.6 Å². The van der Waals surface area contributed by atoms with E-state index in [-0.39, 0.29) is 11.8 Å². The lowest BCUT2D eigenvalue weighted by atomic mass is 9.87. The fourth-order valence-electron chi connectivity index (χ4n) is 1.36. The second kappa shape index (κ2) is 6.59. The number of carbonyl (C=O) groups excluding carboxylic acids is 2. The molecule has 0 aliphatic rings. The van der Waals surface area contributed by atoms with E-state index in [4.69, 9.17) is 0 Å². The van der Waals surface area contributed by atoms with Crippen LogP contribution in [0.1, 0.15) is 27.7 Å². The number of rotatable bonds is 5. The lowest BCUT2D eigenvalue weighted by molar-refractivity contribution is -0.127. The van der Waals surface area contributed by atoms with Crippen LogP contribution in [0.25, 0.3) is 0 Å². The molecule has 0 aromatic heterocycles. The van der Waals surface area contributed by atoms with Gasteiger partial charge in [-0.15, -0.1) is 0 Å². The van der Waals surface area contributed by atoms with Crippen LogP contribution in [0.2, 0.25) is 0 Å². The minimum Gasteiger partial charge on any atom is -0.337 e. The Labute approximate surface area is 104 Å². The monoisotopic (exact) mass is 243 g/mol. The zero-order valence-corrected chi connectivity index (χ0v) is 11.8. The van der Waals surface area contributed by atoms with Gasteiger partial charge in [0.1, 0.15) is 0 Å². The first-order valence-corrected chi connectivity index (χ1v) is 5.88. The molecule has 0 saturated carbocycles. The number of hydrogen-bond donors (Lipinski definition) is 2. The molecule has 17 heavy (non-hydrogen) atoms. The van der Waals surface area contributed by atoms with Gasteiger partial charge >= 0.3 is 6.03 Å². The zero-order chi connectivity index (χ0) is 13.6. The maximum Gasteiger partial charge on any atom is 0.315 e. The Bertz CT molecular complexity index is 269. The van der Waals surface area contributed by atoms with Gasteiger partial charge in [0.15, 0.2) is 5.78 Å². The Hall–Kier alpha value is -1.10. The normalized spacial score (nSPS) is 13.4. The molecule has 0 aliphatic carbocycles. The number of Topliss-reactive ketones (excluding diaryl/α,β-unsaturated/α-hetero) is 1. The van der Waals surface area contributed by atoms with E-state index in [0.717, 1.165) is 6.54 Å². The molecule has 0 heterocycles. The number of amides is 2. The van der Waals surface area contributed by atoms with Gasteiger partial charge in [-0.2, -0.15) is 0 Å². The van der Waals surface area contributed by atoms with Gasteiger partial charge in [-0.25, -0.2) is 4.79 Å². The molecule has 5 heteroatoms. The van der Waals surface area contributed by atoms with E-state index in [2.05, 4.69) is 10.6 Å². The van der Waals surface area contributed by atoms with Crippen LogP contribution in [0.3, 0.4) is 0 Å². The third-order valence-electron chi connectivity index (χ3n) is 2.32. The molecule has 0 aliphatic heterocycles. The van der Waals surface area contributed by atoms with E-state index < -0.39 is 11.5 Å². The second-order valence-corrected chi connectivity index (χ2v) is 5.54. The van der Waals surface area contributed by atoms with Crippen LogP contribution in [0.4, 0.5) is 4.79 Å². The van der Waals surface area contributed by atoms with E-state index in [9.17, 15) is 9.59 Å². The van der Waals surface area contributed by atoms with Crippen molar-refractivity contribution in [2.45, 2.75) is 33.7 Å². The molecule has 0 saturated heterocycles. The summed E-state index contributed by atoms with van der Waals surface area (Å²) in [5.41, 5.74) is -0.434. The van der Waals surface area contributed by atoms with E-state index >= 15 is 0 Å². The van der Waals surface area contributed by atoms with Gasteiger partial charge in [0.25, 0.3) is 0 Å². The van der Waals surface area contributed by atoms with Gasteiger partial charge in [-0.1, -0.05) is 20.8 Å². The predicted molar refractivity (Wildman–Crippen MR) is 69.0 cm³/mol. The first kappa shape index (κ1) is 15.9. The highest BCUT2D eigenvalue weighted by atomic mass is 16.2.